The number of amides is 1. The topological polar surface area (TPSA) is 89.3 Å². The Balaban J connectivity index is 1.66. The third-order valence-corrected chi connectivity index (χ3v) is 6.23. The van der Waals surface area contributed by atoms with Crippen molar-refractivity contribution in [2.45, 2.75) is 22.1 Å². The molecule has 0 bridgehead atoms. The van der Waals surface area contributed by atoms with Crippen LogP contribution in [0.3, 0.4) is 0 Å². The summed E-state index contributed by atoms with van der Waals surface area (Å²) in [7, 11) is -3.75. The first-order valence-electron chi connectivity index (χ1n) is 8.70. The Bertz CT molecular complexity index is 1120. The number of sulfonamides is 1. The molecule has 0 spiro atoms. The lowest BCUT2D eigenvalue weighted by Crippen LogP contribution is -2.23. The van der Waals surface area contributed by atoms with Crippen molar-refractivity contribution in [2.24, 2.45) is 5.14 Å². The summed E-state index contributed by atoms with van der Waals surface area (Å²) < 4.78 is 36.4. The van der Waals surface area contributed by atoms with Gasteiger partial charge in [-0.3, -0.25) is 4.79 Å². The van der Waals surface area contributed by atoms with Crippen molar-refractivity contribution in [3.8, 4) is 0 Å². The molecule has 0 saturated heterocycles. The largest absolute Gasteiger partial charge is 0.348 e. The van der Waals surface area contributed by atoms with Crippen molar-refractivity contribution in [3.63, 3.8) is 0 Å². The zero-order chi connectivity index (χ0) is 20.9. The van der Waals surface area contributed by atoms with Gasteiger partial charge in [0.15, 0.2) is 0 Å². The second kappa shape index (κ2) is 9.21. The van der Waals surface area contributed by atoms with Gasteiger partial charge in [-0.2, -0.15) is 0 Å². The highest BCUT2D eigenvalue weighted by Crippen LogP contribution is 2.27. The van der Waals surface area contributed by atoms with Crippen LogP contribution in [0.15, 0.2) is 82.6 Å². The third kappa shape index (κ3) is 5.66. The minimum atomic E-state index is -3.75. The van der Waals surface area contributed by atoms with Crippen LogP contribution >= 0.6 is 11.8 Å². The highest BCUT2D eigenvalue weighted by atomic mass is 32.2. The van der Waals surface area contributed by atoms with Crippen LogP contribution < -0.4 is 10.5 Å². The van der Waals surface area contributed by atoms with Gasteiger partial charge in [-0.25, -0.2) is 17.9 Å². The summed E-state index contributed by atoms with van der Waals surface area (Å²) >= 11 is 1.39. The average molecular weight is 431 g/mol. The predicted octanol–water partition coefficient (Wildman–Crippen LogP) is 3.70. The lowest BCUT2D eigenvalue weighted by molar-refractivity contribution is 0.0948. The lowest BCUT2D eigenvalue weighted by Gasteiger charge is -2.11. The first kappa shape index (κ1) is 21.0. The summed E-state index contributed by atoms with van der Waals surface area (Å²) in [6.07, 6.45) is 0. The molecule has 1 amide bonds. The number of halogens is 1. The molecule has 3 rings (SSSR count). The molecule has 0 radical (unpaired) electrons. The van der Waals surface area contributed by atoms with E-state index in [-0.39, 0.29) is 23.2 Å². The standard InChI is InChI=1S/C21H19FN2O3S2/c22-19-7-3-1-5-16(19)14-28-20-8-4-2-6-18(20)21(25)24-13-15-9-11-17(12-10-15)29(23,26)27/h1-12H,13-14H2,(H,24,25)(H2,23,26,27). The molecule has 8 heteroatoms. The number of rotatable bonds is 7. The van der Waals surface area contributed by atoms with Gasteiger partial charge in [-0.15, -0.1) is 11.8 Å². The van der Waals surface area contributed by atoms with Crippen molar-refractivity contribution >= 4 is 27.7 Å². The molecule has 0 saturated carbocycles. The maximum absolute atomic E-state index is 13.8. The summed E-state index contributed by atoms with van der Waals surface area (Å²) in [5.74, 6) is -0.131. The number of carbonyl (C=O) groups is 1. The number of primary sulfonamides is 1. The van der Waals surface area contributed by atoms with Gasteiger partial charge in [0.25, 0.3) is 5.91 Å². The molecule has 29 heavy (non-hydrogen) atoms. The lowest BCUT2D eigenvalue weighted by atomic mass is 10.2. The van der Waals surface area contributed by atoms with Crippen molar-refractivity contribution in [1.82, 2.24) is 5.32 Å². The fourth-order valence-electron chi connectivity index (χ4n) is 2.63. The Morgan fingerprint density at radius 2 is 1.62 bits per heavy atom. The smallest absolute Gasteiger partial charge is 0.252 e. The zero-order valence-electron chi connectivity index (χ0n) is 15.3. The van der Waals surface area contributed by atoms with E-state index < -0.39 is 10.0 Å². The normalized spacial score (nSPS) is 11.2. The molecule has 0 unspecified atom stereocenters. The highest BCUT2D eigenvalue weighted by molar-refractivity contribution is 7.98. The van der Waals surface area contributed by atoms with E-state index in [0.717, 1.165) is 10.5 Å². The summed E-state index contributed by atoms with van der Waals surface area (Å²) in [6, 6.07) is 19.7. The van der Waals surface area contributed by atoms with Crippen molar-refractivity contribution in [2.75, 3.05) is 0 Å². The fourth-order valence-corrected chi connectivity index (χ4v) is 4.18. The Labute approximate surface area is 173 Å². The minimum Gasteiger partial charge on any atom is -0.348 e. The van der Waals surface area contributed by atoms with Gasteiger partial charge in [0.05, 0.1) is 10.5 Å². The highest BCUT2D eigenvalue weighted by Gasteiger charge is 2.13. The predicted molar refractivity (Wildman–Crippen MR) is 111 cm³/mol. The van der Waals surface area contributed by atoms with Crippen molar-refractivity contribution < 1.29 is 17.6 Å². The van der Waals surface area contributed by atoms with Crippen LogP contribution in [-0.4, -0.2) is 14.3 Å². The van der Waals surface area contributed by atoms with Crippen LogP contribution in [0.2, 0.25) is 0 Å². The molecule has 150 valence electrons. The molecule has 3 N–H and O–H groups in total. The van der Waals surface area contributed by atoms with E-state index in [4.69, 9.17) is 5.14 Å². The Morgan fingerprint density at radius 3 is 2.31 bits per heavy atom. The molecule has 0 heterocycles. The molecule has 0 aliphatic carbocycles. The van der Waals surface area contributed by atoms with Crippen LogP contribution in [0.5, 0.6) is 0 Å². The molecule has 3 aromatic carbocycles. The Kier molecular flexibility index (Phi) is 6.68. The van der Waals surface area contributed by atoms with E-state index >= 15 is 0 Å². The zero-order valence-corrected chi connectivity index (χ0v) is 17.0. The molecule has 0 aliphatic rings. The van der Waals surface area contributed by atoms with E-state index in [9.17, 15) is 17.6 Å². The quantitative estimate of drug-likeness (QED) is 0.560. The van der Waals surface area contributed by atoms with Crippen LogP contribution in [0.4, 0.5) is 4.39 Å². The minimum absolute atomic E-state index is 0.0162. The SMILES string of the molecule is NS(=O)(=O)c1ccc(CNC(=O)c2ccccc2SCc2ccccc2F)cc1. The number of carbonyl (C=O) groups excluding carboxylic acids is 1. The molecule has 0 aliphatic heterocycles. The van der Waals surface area contributed by atoms with Gasteiger partial charge in [0, 0.05) is 17.2 Å². The van der Waals surface area contributed by atoms with Gasteiger partial charge in [-0.1, -0.05) is 42.5 Å². The third-order valence-electron chi connectivity index (χ3n) is 4.18. The second-order valence-electron chi connectivity index (χ2n) is 6.25. The van der Waals surface area contributed by atoms with Crippen LogP contribution in [0.25, 0.3) is 0 Å². The number of nitrogens with two attached hydrogens (primary N) is 1. The van der Waals surface area contributed by atoms with E-state index in [0.29, 0.717) is 16.9 Å². The van der Waals surface area contributed by atoms with E-state index in [1.165, 1.54) is 30.0 Å². The molecule has 0 aromatic heterocycles. The summed E-state index contributed by atoms with van der Waals surface area (Å²) in [4.78, 5) is 13.4. The fraction of sp³-hybridized carbons (Fsp3) is 0.0952. The average Bonchev–Trinajstić information content (AvgIpc) is 2.71. The molecule has 0 fully saturated rings. The molecular weight excluding hydrogens is 411 g/mol. The first-order valence-corrected chi connectivity index (χ1v) is 11.2. The van der Waals surface area contributed by atoms with Crippen LogP contribution in [0, 0.1) is 5.82 Å². The van der Waals surface area contributed by atoms with Gasteiger partial charge in [-0.05, 0) is 41.5 Å². The van der Waals surface area contributed by atoms with Crippen LogP contribution in [0.1, 0.15) is 21.5 Å². The van der Waals surface area contributed by atoms with Crippen molar-refractivity contribution in [3.05, 3.63) is 95.3 Å². The van der Waals surface area contributed by atoms with E-state index in [1.54, 1.807) is 42.5 Å². The molecule has 3 aromatic rings. The number of benzene rings is 3. The number of thioether (sulfide) groups is 1. The Hall–Kier alpha value is -2.68. The van der Waals surface area contributed by atoms with E-state index in [1.807, 2.05) is 12.1 Å². The second-order valence-corrected chi connectivity index (χ2v) is 8.83. The summed E-state index contributed by atoms with van der Waals surface area (Å²) in [5.41, 5.74) is 1.81. The first-order chi connectivity index (χ1) is 13.8. The van der Waals surface area contributed by atoms with Gasteiger partial charge in [0.2, 0.25) is 10.0 Å². The van der Waals surface area contributed by atoms with Crippen molar-refractivity contribution in [1.29, 1.82) is 0 Å². The Morgan fingerprint density at radius 1 is 0.966 bits per heavy atom. The van der Waals surface area contributed by atoms with Gasteiger partial charge in [0.1, 0.15) is 5.82 Å². The summed E-state index contributed by atoms with van der Waals surface area (Å²) in [6.45, 7) is 0.232. The molecule has 5 nitrogen and oxygen atoms in total. The molecule has 0 atom stereocenters. The van der Waals surface area contributed by atoms with E-state index in [2.05, 4.69) is 5.32 Å². The maximum atomic E-state index is 13.8. The monoisotopic (exact) mass is 430 g/mol. The maximum Gasteiger partial charge on any atom is 0.252 e. The number of hydrogen-bond donors (Lipinski definition) is 2. The number of hydrogen-bond acceptors (Lipinski definition) is 4. The summed E-state index contributed by atoms with van der Waals surface area (Å²) in [5, 5.41) is 7.89. The van der Waals surface area contributed by atoms with Gasteiger partial charge < -0.3 is 5.32 Å². The van der Waals surface area contributed by atoms with Crippen LogP contribution in [-0.2, 0) is 22.3 Å². The van der Waals surface area contributed by atoms with Gasteiger partial charge >= 0.3 is 0 Å². The number of nitrogens with one attached hydrogen (secondary N) is 1. The molecular formula is C21H19FN2O3S2.